The van der Waals surface area contributed by atoms with Gasteiger partial charge in [0.2, 0.25) is 0 Å². The normalized spacial score (nSPS) is 10.5. The Bertz CT molecular complexity index is 1470. The minimum Gasteiger partial charge on any atom is -0.423 e. The van der Waals surface area contributed by atoms with Crippen molar-refractivity contribution in [2.45, 2.75) is 0 Å². The SMILES string of the molecule is O=C(Oc1ccccc1)c1ccc2cc(C#Cc3ccc4ccccc4c3)ccc2c1. The van der Waals surface area contributed by atoms with Gasteiger partial charge in [-0.1, -0.05) is 72.5 Å². The zero-order valence-electron chi connectivity index (χ0n) is 16.7. The van der Waals surface area contributed by atoms with Crippen LogP contribution in [0.15, 0.2) is 109 Å². The maximum Gasteiger partial charge on any atom is 0.343 e. The van der Waals surface area contributed by atoms with Crippen LogP contribution in [0.3, 0.4) is 0 Å². The Labute approximate surface area is 180 Å². The molecule has 0 aliphatic carbocycles. The minimum absolute atomic E-state index is 0.367. The van der Waals surface area contributed by atoms with Gasteiger partial charge in [-0.15, -0.1) is 0 Å². The van der Waals surface area contributed by atoms with Gasteiger partial charge in [0.15, 0.2) is 0 Å². The number of para-hydroxylation sites is 1. The quantitative estimate of drug-likeness (QED) is 0.190. The third kappa shape index (κ3) is 4.17. The van der Waals surface area contributed by atoms with Gasteiger partial charge >= 0.3 is 5.97 Å². The van der Waals surface area contributed by atoms with Crippen molar-refractivity contribution in [1.29, 1.82) is 0 Å². The van der Waals surface area contributed by atoms with Crippen LogP contribution in [0, 0.1) is 11.8 Å². The first kappa shape index (κ1) is 18.7. The summed E-state index contributed by atoms with van der Waals surface area (Å²) in [6.45, 7) is 0. The molecular formula is C29H18O2. The molecule has 0 N–H and O–H groups in total. The molecule has 0 unspecified atom stereocenters. The van der Waals surface area contributed by atoms with Crippen LogP contribution in [0.5, 0.6) is 5.75 Å². The molecule has 146 valence electrons. The summed E-state index contributed by atoms with van der Waals surface area (Å²) >= 11 is 0. The molecule has 0 bridgehead atoms. The highest BCUT2D eigenvalue weighted by Crippen LogP contribution is 2.20. The molecule has 5 aromatic carbocycles. The van der Waals surface area contributed by atoms with E-state index < -0.39 is 0 Å². The van der Waals surface area contributed by atoms with E-state index in [0.29, 0.717) is 11.3 Å². The third-order valence-electron chi connectivity index (χ3n) is 5.13. The Morgan fingerprint density at radius 1 is 0.548 bits per heavy atom. The van der Waals surface area contributed by atoms with E-state index in [1.54, 1.807) is 18.2 Å². The lowest BCUT2D eigenvalue weighted by molar-refractivity contribution is 0.0735. The number of carbonyl (C=O) groups excluding carboxylic acids is 1. The van der Waals surface area contributed by atoms with E-state index in [4.69, 9.17) is 4.74 Å². The highest BCUT2D eigenvalue weighted by molar-refractivity contribution is 5.96. The van der Waals surface area contributed by atoms with E-state index in [1.165, 1.54) is 10.8 Å². The van der Waals surface area contributed by atoms with Gasteiger partial charge in [-0.05, 0) is 70.1 Å². The molecule has 0 saturated carbocycles. The average Bonchev–Trinajstić information content (AvgIpc) is 2.82. The number of ether oxygens (including phenoxy) is 1. The van der Waals surface area contributed by atoms with Crippen LogP contribution in [0.4, 0.5) is 0 Å². The van der Waals surface area contributed by atoms with Crippen molar-refractivity contribution < 1.29 is 9.53 Å². The van der Waals surface area contributed by atoms with Crippen molar-refractivity contribution in [2.75, 3.05) is 0 Å². The monoisotopic (exact) mass is 398 g/mol. The topological polar surface area (TPSA) is 26.3 Å². The van der Waals surface area contributed by atoms with Crippen LogP contribution in [-0.2, 0) is 0 Å². The number of hydrogen-bond acceptors (Lipinski definition) is 2. The van der Waals surface area contributed by atoms with Gasteiger partial charge in [-0.2, -0.15) is 0 Å². The first-order chi connectivity index (χ1) is 15.2. The maximum absolute atomic E-state index is 12.4. The first-order valence-corrected chi connectivity index (χ1v) is 10.1. The Balaban J connectivity index is 1.39. The van der Waals surface area contributed by atoms with Crippen molar-refractivity contribution >= 4 is 27.5 Å². The first-order valence-electron chi connectivity index (χ1n) is 10.1. The minimum atomic E-state index is -0.367. The van der Waals surface area contributed by atoms with Crippen molar-refractivity contribution in [3.8, 4) is 17.6 Å². The van der Waals surface area contributed by atoms with Gasteiger partial charge in [-0.25, -0.2) is 4.79 Å². The van der Waals surface area contributed by atoms with Crippen LogP contribution in [-0.4, -0.2) is 5.97 Å². The molecule has 5 rings (SSSR count). The van der Waals surface area contributed by atoms with E-state index in [1.807, 2.05) is 66.7 Å². The van der Waals surface area contributed by atoms with Crippen LogP contribution in [0.25, 0.3) is 21.5 Å². The highest BCUT2D eigenvalue weighted by atomic mass is 16.5. The zero-order chi connectivity index (χ0) is 21.0. The summed E-state index contributed by atoms with van der Waals surface area (Å²) in [4.78, 5) is 12.4. The number of hydrogen-bond donors (Lipinski definition) is 0. The summed E-state index contributed by atoms with van der Waals surface area (Å²) < 4.78 is 5.43. The second kappa shape index (κ2) is 8.18. The van der Waals surface area contributed by atoms with E-state index >= 15 is 0 Å². The lowest BCUT2D eigenvalue weighted by Crippen LogP contribution is -2.08. The Kier molecular flexibility index (Phi) is 4.92. The molecule has 0 atom stereocenters. The summed E-state index contributed by atoms with van der Waals surface area (Å²) in [6.07, 6.45) is 0. The molecule has 31 heavy (non-hydrogen) atoms. The largest absolute Gasteiger partial charge is 0.423 e. The van der Waals surface area contributed by atoms with Gasteiger partial charge in [0, 0.05) is 11.1 Å². The molecule has 0 aliphatic rings. The highest BCUT2D eigenvalue weighted by Gasteiger charge is 2.09. The summed E-state index contributed by atoms with van der Waals surface area (Å²) in [7, 11) is 0. The molecule has 0 aliphatic heterocycles. The summed E-state index contributed by atoms with van der Waals surface area (Å²) in [5.74, 6) is 6.66. The van der Waals surface area contributed by atoms with Gasteiger partial charge in [0.1, 0.15) is 5.75 Å². The number of esters is 1. The summed E-state index contributed by atoms with van der Waals surface area (Å²) in [5.41, 5.74) is 2.43. The van der Waals surface area contributed by atoms with Crippen LogP contribution in [0.2, 0.25) is 0 Å². The summed E-state index contributed by atoms with van der Waals surface area (Å²) in [5, 5.41) is 4.39. The molecule has 0 amide bonds. The van der Waals surface area contributed by atoms with Crippen molar-refractivity contribution in [2.24, 2.45) is 0 Å². The average molecular weight is 398 g/mol. The van der Waals surface area contributed by atoms with Crippen LogP contribution in [0.1, 0.15) is 21.5 Å². The number of rotatable bonds is 2. The van der Waals surface area contributed by atoms with Crippen molar-refractivity contribution in [3.05, 3.63) is 126 Å². The van der Waals surface area contributed by atoms with E-state index in [2.05, 4.69) is 36.1 Å². The molecule has 0 saturated heterocycles. The Hall–Kier alpha value is -4.35. The predicted octanol–water partition coefficient (Wildman–Crippen LogP) is 6.61. The molecular weight excluding hydrogens is 380 g/mol. The lowest BCUT2D eigenvalue weighted by atomic mass is 10.0. The van der Waals surface area contributed by atoms with E-state index in [0.717, 1.165) is 21.9 Å². The zero-order valence-corrected chi connectivity index (χ0v) is 16.7. The second-order valence-corrected chi connectivity index (χ2v) is 7.29. The van der Waals surface area contributed by atoms with Crippen LogP contribution >= 0.6 is 0 Å². The predicted molar refractivity (Wildman–Crippen MR) is 125 cm³/mol. The third-order valence-corrected chi connectivity index (χ3v) is 5.13. The molecule has 0 aromatic heterocycles. The lowest BCUT2D eigenvalue weighted by Gasteiger charge is -2.05. The van der Waals surface area contributed by atoms with E-state index in [9.17, 15) is 4.79 Å². The molecule has 0 spiro atoms. The molecule has 0 fully saturated rings. The number of fused-ring (bicyclic) bond motifs is 2. The Morgan fingerprint density at radius 2 is 1.10 bits per heavy atom. The van der Waals surface area contributed by atoms with Gasteiger partial charge in [-0.3, -0.25) is 0 Å². The van der Waals surface area contributed by atoms with Crippen LogP contribution < -0.4 is 4.74 Å². The fourth-order valence-corrected chi connectivity index (χ4v) is 3.52. The fourth-order valence-electron chi connectivity index (χ4n) is 3.52. The standard InChI is InChI=1S/C29H18O2/c30-29(31-28-8-2-1-3-9-28)27-17-16-25-19-22(13-15-26(25)20-27)11-10-21-12-14-23-6-4-5-7-24(23)18-21/h1-9,12-20H. The van der Waals surface area contributed by atoms with E-state index in [-0.39, 0.29) is 5.97 Å². The number of carbonyl (C=O) groups is 1. The molecule has 0 heterocycles. The Morgan fingerprint density at radius 3 is 1.84 bits per heavy atom. The van der Waals surface area contributed by atoms with Gasteiger partial charge in [0.05, 0.1) is 5.56 Å². The second-order valence-electron chi connectivity index (χ2n) is 7.29. The maximum atomic E-state index is 12.4. The molecule has 2 nitrogen and oxygen atoms in total. The smallest absolute Gasteiger partial charge is 0.343 e. The van der Waals surface area contributed by atoms with Gasteiger partial charge < -0.3 is 4.74 Å². The fraction of sp³-hybridized carbons (Fsp3) is 0. The van der Waals surface area contributed by atoms with Crippen molar-refractivity contribution in [1.82, 2.24) is 0 Å². The van der Waals surface area contributed by atoms with Gasteiger partial charge in [0.25, 0.3) is 0 Å². The summed E-state index contributed by atoms with van der Waals surface area (Å²) in [6, 6.07) is 35.1. The number of benzene rings is 5. The molecule has 0 radical (unpaired) electrons. The van der Waals surface area contributed by atoms with Crippen molar-refractivity contribution in [3.63, 3.8) is 0 Å². The molecule has 2 heteroatoms. The molecule has 5 aromatic rings.